The summed E-state index contributed by atoms with van der Waals surface area (Å²) >= 11 is 0. The third kappa shape index (κ3) is 3.33. The molecule has 6 heteroatoms. The van der Waals surface area contributed by atoms with Crippen molar-refractivity contribution in [3.8, 4) is 5.75 Å². The van der Waals surface area contributed by atoms with E-state index in [1.165, 1.54) is 6.20 Å². The number of fused-ring (bicyclic) bond motifs is 1. The van der Waals surface area contributed by atoms with Crippen LogP contribution in [0.3, 0.4) is 0 Å². The van der Waals surface area contributed by atoms with Gasteiger partial charge in [-0.25, -0.2) is 8.42 Å². The van der Waals surface area contributed by atoms with E-state index < -0.39 is 9.84 Å². The maximum atomic E-state index is 13.5. The van der Waals surface area contributed by atoms with Gasteiger partial charge in [0.15, 0.2) is 0 Å². The van der Waals surface area contributed by atoms with E-state index in [0.29, 0.717) is 11.7 Å². The van der Waals surface area contributed by atoms with Crippen LogP contribution in [0.15, 0.2) is 64.5 Å². The summed E-state index contributed by atoms with van der Waals surface area (Å²) in [4.78, 5) is 7.20. The number of nitrogens with zero attached hydrogens (tertiary/aromatic N) is 2. The zero-order valence-electron chi connectivity index (χ0n) is 16.1. The van der Waals surface area contributed by atoms with E-state index in [9.17, 15) is 8.42 Å². The first-order valence-electron chi connectivity index (χ1n) is 9.52. The van der Waals surface area contributed by atoms with E-state index in [0.717, 1.165) is 42.5 Å². The molecule has 4 rings (SSSR count). The predicted molar refractivity (Wildman–Crippen MR) is 111 cm³/mol. The van der Waals surface area contributed by atoms with Gasteiger partial charge in [0.2, 0.25) is 9.84 Å². The Morgan fingerprint density at radius 3 is 2.64 bits per heavy atom. The number of ether oxygens (including phenoxy) is 1. The van der Waals surface area contributed by atoms with Crippen molar-refractivity contribution in [3.05, 3.63) is 54.7 Å². The molecule has 28 heavy (non-hydrogen) atoms. The largest absolute Gasteiger partial charge is 0.497 e. The van der Waals surface area contributed by atoms with Crippen molar-refractivity contribution in [3.63, 3.8) is 0 Å². The van der Waals surface area contributed by atoms with E-state index in [2.05, 4.69) is 16.8 Å². The summed E-state index contributed by atoms with van der Waals surface area (Å²) in [6, 6.07) is 14.2. The third-order valence-corrected chi connectivity index (χ3v) is 7.10. The number of hydrogen-bond donors (Lipinski definition) is 0. The van der Waals surface area contributed by atoms with Gasteiger partial charge in [0, 0.05) is 24.7 Å². The number of methoxy groups -OCH3 is 1. The van der Waals surface area contributed by atoms with Crippen LogP contribution in [0.4, 0.5) is 5.69 Å². The normalized spacial score (nSPS) is 17.6. The highest BCUT2D eigenvalue weighted by molar-refractivity contribution is 7.91. The Morgan fingerprint density at radius 1 is 1.14 bits per heavy atom. The van der Waals surface area contributed by atoms with Gasteiger partial charge in [0.1, 0.15) is 10.6 Å². The van der Waals surface area contributed by atoms with Gasteiger partial charge in [0.05, 0.1) is 23.2 Å². The molecular weight excluding hydrogens is 372 g/mol. The monoisotopic (exact) mass is 396 g/mol. The summed E-state index contributed by atoms with van der Waals surface area (Å²) in [6.07, 6.45) is 3.70. The summed E-state index contributed by atoms with van der Waals surface area (Å²) in [6.45, 7) is 3.87. The predicted octanol–water partition coefficient (Wildman–Crippen LogP) is 4.31. The van der Waals surface area contributed by atoms with Crippen molar-refractivity contribution in [1.82, 2.24) is 4.98 Å². The number of piperidine rings is 1. The fraction of sp³-hybridized carbons (Fsp3) is 0.318. The van der Waals surface area contributed by atoms with Crippen LogP contribution >= 0.6 is 0 Å². The summed E-state index contributed by atoms with van der Waals surface area (Å²) in [7, 11) is -2.08. The van der Waals surface area contributed by atoms with E-state index in [-0.39, 0.29) is 9.79 Å². The van der Waals surface area contributed by atoms with Gasteiger partial charge in [0.25, 0.3) is 0 Å². The van der Waals surface area contributed by atoms with Crippen LogP contribution in [0.5, 0.6) is 5.75 Å². The molecule has 1 fully saturated rings. The fourth-order valence-corrected chi connectivity index (χ4v) is 5.36. The molecule has 0 spiro atoms. The first-order valence-corrected chi connectivity index (χ1v) is 11.0. The summed E-state index contributed by atoms with van der Waals surface area (Å²) in [5, 5.41) is 0.811. The van der Waals surface area contributed by atoms with E-state index in [1.807, 2.05) is 24.3 Å². The molecule has 2 heterocycles. The molecule has 1 saturated heterocycles. The van der Waals surface area contributed by atoms with Gasteiger partial charge >= 0.3 is 0 Å². The summed E-state index contributed by atoms with van der Waals surface area (Å²) in [5.41, 5.74) is 1.50. The summed E-state index contributed by atoms with van der Waals surface area (Å²) < 4.78 is 32.4. The van der Waals surface area contributed by atoms with Gasteiger partial charge < -0.3 is 9.64 Å². The Labute approximate surface area is 165 Å². The first-order chi connectivity index (χ1) is 13.5. The molecule has 5 nitrogen and oxygen atoms in total. The van der Waals surface area contributed by atoms with Crippen LogP contribution in [0.1, 0.15) is 19.8 Å². The lowest BCUT2D eigenvalue weighted by atomic mass is 9.99. The Kier molecular flexibility index (Phi) is 4.98. The number of anilines is 1. The molecule has 1 atom stereocenters. The summed E-state index contributed by atoms with van der Waals surface area (Å²) in [5.74, 6) is 1.20. The van der Waals surface area contributed by atoms with Crippen molar-refractivity contribution in [2.45, 2.75) is 29.6 Å². The highest BCUT2D eigenvalue weighted by atomic mass is 32.2. The highest BCUT2D eigenvalue weighted by Crippen LogP contribution is 2.38. The third-order valence-electron chi connectivity index (χ3n) is 5.33. The fourth-order valence-electron chi connectivity index (χ4n) is 3.91. The zero-order chi connectivity index (χ0) is 19.7. The molecule has 146 valence electrons. The van der Waals surface area contributed by atoms with Gasteiger partial charge in [-0.2, -0.15) is 0 Å². The number of pyridine rings is 1. The van der Waals surface area contributed by atoms with Crippen molar-refractivity contribution in [1.29, 1.82) is 0 Å². The Morgan fingerprint density at radius 2 is 1.93 bits per heavy atom. The van der Waals surface area contributed by atoms with Crippen LogP contribution in [0, 0.1) is 5.92 Å². The second kappa shape index (κ2) is 7.43. The maximum absolute atomic E-state index is 13.5. The van der Waals surface area contributed by atoms with Gasteiger partial charge in [-0.1, -0.05) is 25.1 Å². The number of aromatic nitrogens is 1. The second-order valence-corrected chi connectivity index (χ2v) is 9.28. The molecule has 0 bridgehead atoms. The Balaban J connectivity index is 1.99. The molecule has 1 aliphatic heterocycles. The molecule has 0 saturated carbocycles. The maximum Gasteiger partial charge on any atom is 0.210 e. The SMILES string of the molecule is COc1ccc2ncc(S(=O)(=O)c3ccccc3)c(N3CCC[C@H](C)C3)c2c1. The van der Waals surface area contributed by atoms with Crippen LogP contribution in [0.2, 0.25) is 0 Å². The molecule has 0 aliphatic carbocycles. The van der Waals surface area contributed by atoms with Crippen molar-refractivity contribution >= 4 is 26.4 Å². The smallest absolute Gasteiger partial charge is 0.210 e. The van der Waals surface area contributed by atoms with Crippen molar-refractivity contribution in [2.24, 2.45) is 5.92 Å². The molecule has 0 N–H and O–H groups in total. The minimum absolute atomic E-state index is 0.258. The highest BCUT2D eigenvalue weighted by Gasteiger charge is 2.28. The molecular formula is C22H24N2O3S. The van der Waals surface area contributed by atoms with Gasteiger partial charge in [-0.3, -0.25) is 4.98 Å². The van der Waals surface area contributed by atoms with E-state index >= 15 is 0 Å². The van der Waals surface area contributed by atoms with Crippen LogP contribution < -0.4 is 9.64 Å². The second-order valence-electron chi connectivity index (χ2n) is 7.36. The lowest BCUT2D eigenvalue weighted by molar-refractivity contribution is 0.415. The number of rotatable bonds is 4. The number of sulfone groups is 1. The molecule has 2 aromatic carbocycles. The quantitative estimate of drug-likeness (QED) is 0.658. The molecule has 0 radical (unpaired) electrons. The standard InChI is InChI=1S/C22H24N2O3S/c1-16-7-6-12-24(15-16)22-19-13-17(27-2)10-11-20(19)23-14-21(22)28(25,26)18-8-4-3-5-9-18/h3-5,8-11,13-14,16H,6-7,12,15H2,1-2H3/t16-/m0/s1. The lowest BCUT2D eigenvalue weighted by Gasteiger charge is -2.34. The minimum atomic E-state index is -3.69. The van der Waals surface area contributed by atoms with Crippen molar-refractivity contribution < 1.29 is 13.2 Å². The van der Waals surface area contributed by atoms with Crippen molar-refractivity contribution in [2.75, 3.05) is 25.1 Å². The van der Waals surface area contributed by atoms with Gasteiger partial charge in [-0.05, 0) is 49.1 Å². The minimum Gasteiger partial charge on any atom is -0.497 e. The molecule has 1 aromatic heterocycles. The molecule has 0 amide bonds. The zero-order valence-corrected chi connectivity index (χ0v) is 16.9. The molecule has 0 unspecified atom stereocenters. The average Bonchev–Trinajstić information content (AvgIpc) is 2.73. The molecule has 1 aliphatic rings. The topological polar surface area (TPSA) is 59.5 Å². The number of benzene rings is 2. The van der Waals surface area contributed by atoms with E-state index in [4.69, 9.17) is 4.74 Å². The van der Waals surface area contributed by atoms with Crippen LogP contribution in [-0.4, -0.2) is 33.6 Å². The Bertz CT molecular complexity index is 1100. The lowest BCUT2D eigenvalue weighted by Crippen LogP contribution is -2.35. The molecule has 3 aromatic rings. The first kappa shape index (κ1) is 18.7. The van der Waals surface area contributed by atoms with Crippen LogP contribution in [-0.2, 0) is 9.84 Å². The van der Waals surface area contributed by atoms with Gasteiger partial charge in [-0.15, -0.1) is 0 Å². The van der Waals surface area contributed by atoms with E-state index in [1.54, 1.807) is 31.4 Å². The number of hydrogen-bond acceptors (Lipinski definition) is 5. The van der Waals surface area contributed by atoms with Crippen LogP contribution in [0.25, 0.3) is 10.9 Å². The Hall–Kier alpha value is -2.60. The average molecular weight is 397 g/mol.